The van der Waals surface area contributed by atoms with Gasteiger partial charge in [-0.1, -0.05) is 24.3 Å². The second-order valence-corrected chi connectivity index (χ2v) is 10.0. The third-order valence-corrected chi connectivity index (χ3v) is 7.64. The highest BCUT2D eigenvalue weighted by Crippen LogP contribution is 2.33. The first-order chi connectivity index (χ1) is 15.3. The maximum absolute atomic E-state index is 12.9. The molecule has 1 aromatic heterocycles. The van der Waals surface area contributed by atoms with Gasteiger partial charge in [0.15, 0.2) is 26.1 Å². The van der Waals surface area contributed by atoms with Crippen molar-refractivity contribution >= 4 is 37.3 Å². The summed E-state index contributed by atoms with van der Waals surface area (Å²) in [5, 5.41) is 0. The number of hydrogen-bond acceptors (Lipinski definition) is 7. The predicted molar refractivity (Wildman–Crippen MR) is 123 cm³/mol. The highest BCUT2D eigenvalue weighted by molar-refractivity contribution is 7.91. The SMILES string of the molecule is CCOCCn1c(=NC(=O)c2cccc(S(=O)(=O)CC)c2)sc2cc(OC)c(OC)cc21. The molecule has 0 saturated carbocycles. The largest absolute Gasteiger partial charge is 0.493 e. The number of fused-ring (bicyclic) bond motifs is 1. The normalized spacial score (nSPS) is 12.3. The molecule has 0 spiro atoms. The van der Waals surface area contributed by atoms with E-state index >= 15 is 0 Å². The van der Waals surface area contributed by atoms with E-state index in [1.54, 1.807) is 33.3 Å². The van der Waals surface area contributed by atoms with Gasteiger partial charge in [0.2, 0.25) is 0 Å². The summed E-state index contributed by atoms with van der Waals surface area (Å²) in [6.45, 7) is 4.98. The number of nitrogens with zero attached hydrogens (tertiary/aromatic N) is 2. The van der Waals surface area contributed by atoms with Gasteiger partial charge in [-0.15, -0.1) is 0 Å². The second-order valence-electron chi connectivity index (χ2n) is 6.76. The third kappa shape index (κ3) is 5.03. The van der Waals surface area contributed by atoms with E-state index in [9.17, 15) is 13.2 Å². The van der Waals surface area contributed by atoms with Crippen molar-refractivity contribution in [3.05, 3.63) is 46.8 Å². The van der Waals surface area contributed by atoms with Crippen LogP contribution >= 0.6 is 11.3 Å². The summed E-state index contributed by atoms with van der Waals surface area (Å²) < 4.78 is 43.5. The fourth-order valence-electron chi connectivity index (χ4n) is 3.14. The molecule has 2 aromatic carbocycles. The quantitative estimate of drug-likeness (QED) is 0.438. The zero-order chi connectivity index (χ0) is 23.3. The minimum absolute atomic E-state index is 0.0425. The predicted octanol–water partition coefficient (Wildman–Crippen LogP) is 3.29. The number of thiazole rings is 1. The molecule has 32 heavy (non-hydrogen) atoms. The monoisotopic (exact) mass is 478 g/mol. The van der Waals surface area contributed by atoms with Gasteiger partial charge in [0.25, 0.3) is 5.91 Å². The van der Waals surface area contributed by atoms with E-state index in [1.807, 2.05) is 23.6 Å². The van der Waals surface area contributed by atoms with Gasteiger partial charge in [-0.05, 0) is 25.1 Å². The van der Waals surface area contributed by atoms with Gasteiger partial charge in [-0.2, -0.15) is 4.99 Å². The Labute approximate surface area is 191 Å². The fourth-order valence-corrected chi connectivity index (χ4v) is 5.13. The standard InChI is InChI=1S/C22H26N2O6S2/c1-5-30-11-10-24-17-13-18(28-3)19(29-4)14-20(17)31-22(24)23-21(25)15-8-7-9-16(12-15)32(26,27)6-2/h7-9,12-14H,5-6,10-11H2,1-4H3. The summed E-state index contributed by atoms with van der Waals surface area (Å²) in [7, 11) is -0.303. The molecule has 0 fully saturated rings. The van der Waals surface area contributed by atoms with Crippen LogP contribution in [-0.4, -0.2) is 52.1 Å². The Morgan fingerprint density at radius 1 is 1.09 bits per heavy atom. The van der Waals surface area contributed by atoms with Gasteiger partial charge < -0.3 is 18.8 Å². The number of sulfone groups is 1. The smallest absolute Gasteiger partial charge is 0.279 e. The molecule has 1 heterocycles. The van der Waals surface area contributed by atoms with Gasteiger partial charge in [-0.25, -0.2) is 8.42 Å². The fraction of sp³-hybridized carbons (Fsp3) is 0.364. The van der Waals surface area contributed by atoms with Crippen molar-refractivity contribution in [1.29, 1.82) is 0 Å². The Hall–Kier alpha value is -2.69. The molecule has 8 nitrogen and oxygen atoms in total. The molecular weight excluding hydrogens is 452 g/mol. The molecule has 0 aliphatic carbocycles. The van der Waals surface area contributed by atoms with E-state index in [2.05, 4.69) is 4.99 Å². The Balaban J connectivity index is 2.13. The van der Waals surface area contributed by atoms with Crippen LogP contribution in [0.15, 0.2) is 46.3 Å². The van der Waals surface area contributed by atoms with Gasteiger partial charge in [0, 0.05) is 30.8 Å². The minimum Gasteiger partial charge on any atom is -0.493 e. The van der Waals surface area contributed by atoms with Crippen molar-refractivity contribution in [3.63, 3.8) is 0 Å². The number of amides is 1. The second kappa shape index (κ2) is 10.3. The topological polar surface area (TPSA) is 96.2 Å². The minimum atomic E-state index is -3.43. The maximum Gasteiger partial charge on any atom is 0.279 e. The number of aromatic nitrogens is 1. The molecular formula is C22H26N2O6S2. The first-order valence-electron chi connectivity index (χ1n) is 10.1. The summed E-state index contributed by atoms with van der Waals surface area (Å²) >= 11 is 1.33. The Kier molecular flexibility index (Phi) is 7.70. The molecule has 0 N–H and O–H groups in total. The van der Waals surface area contributed by atoms with Crippen LogP contribution < -0.4 is 14.3 Å². The molecule has 3 aromatic rings. The van der Waals surface area contributed by atoms with Gasteiger partial charge in [-0.3, -0.25) is 4.79 Å². The van der Waals surface area contributed by atoms with Gasteiger partial charge in [0.1, 0.15) is 0 Å². The first-order valence-corrected chi connectivity index (χ1v) is 12.6. The summed E-state index contributed by atoms with van der Waals surface area (Å²) in [5.74, 6) is 0.583. The molecule has 0 saturated heterocycles. The van der Waals surface area contributed by atoms with Crippen LogP contribution in [-0.2, 0) is 21.1 Å². The van der Waals surface area contributed by atoms with Crippen molar-refractivity contribution < 1.29 is 27.4 Å². The highest BCUT2D eigenvalue weighted by atomic mass is 32.2. The van der Waals surface area contributed by atoms with E-state index in [0.29, 0.717) is 36.1 Å². The molecule has 172 valence electrons. The summed E-state index contributed by atoms with van der Waals surface area (Å²) in [6.07, 6.45) is 0. The number of methoxy groups -OCH3 is 2. The van der Waals surface area contributed by atoms with Crippen molar-refractivity contribution in [2.45, 2.75) is 25.3 Å². The molecule has 0 aliphatic rings. The Bertz CT molecular complexity index is 1290. The van der Waals surface area contributed by atoms with Crippen LogP contribution in [0.1, 0.15) is 24.2 Å². The zero-order valence-corrected chi connectivity index (χ0v) is 20.1. The van der Waals surface area contributed by atoms with Crippen LogP contribution in [0.4, 0.5) is 0 Å². The van der Waals surface area contributed by atoms with Crippen LogP contribution in [0.25, 0.3) is 10.2 Å². The Morgan fingerprint density at radius 2 is 1.81 bits per heavy atom. The summed E-state index contributed by atoms with van der Waals surface area (Å²) in [5.41, 5.74) is 1.05. The lowest BCUT2D eigenvalue weighted by Gasteiger charge is -2.09. The summed E-state index contributed by atoms with van der Waals surface area (Å²) in [6, 6.07) is 9.65. The number of carbonyl (C=O) groups excluding carboxylic acids is 1. The average Bonchev–Trinajstić information content (AvgIpc) is 3.14. The number of carbonyl (C=O) groups is 1. The summed E-state index contributed by atoms with van der Waals surface area (Å²) in [4.78, 5) is 17.8. The molecule has 0 atom stereocenters. The molecule has 0 unspecified atom stereocenters. The zero-order valence-electron chi connectivity index (χ0n) is 18.5. The van der Waals surface area contributed by atoms with Crippen LogP contribution in [0, 0.1) is 0 Å². The van der Waals surface area contributed by atoms with Crippen LogP contribution in [0.2, 0.25) is 0 Å². The molecule has 0 radical (unpaired) electrons. The molecule has 1 amide bonds. The highest BCUT2D eigenvalue weighted by Gasteiger charge is 2.16. The van der Waals surface area contributed by atoms with Crippen molar-refractivity contribution in [1.82, 2.24) is 4.57 Å². The lowest BCUT2D eigenvalue weighted by Crippen LogP contribution is -2.20. The molecule has 3 rings (SSSR count). The van der Waals surface area contributed by atoms with Gasteiger partial charge >= 0.3 is 0 Å². The average molecular weight is 479 g/mol. The van der Waals surface area contributed by atoms with E-state index in [4.69, 9.17) is 14.2 Å². The number of rotatable bonds is 9. The third-order valence-electron chi connectivity index (χ3n) is 4.87. The van der Waals surface area contributed by atoms with Crippen molar-refractivity contribution in [2.24, 2.45) is 4.99 Å². The van der Waals surface area contributed by atoms with E-state index in [0.717, 1.165) is 10.2 Å². The molecule has 0 aliphatic heterocycles. The van der Waals surface area contributed by atoms with E-state index in [1.165, 1.54) is 23.5 Å². The Morgan fingerprint density at radius 3 is 2.47 bits per heavy atom. The van der Waals surface area contributed by atoms with Crippen LogP contribution in [0.5, 0.6) is 11.5 Å². The number of benzene rings is 2. The maximum atomic E-state index is 12.9. The lowest BCUT2D eigenvalue weighted by molar-refractivity contribution is 0.0996. The molecule has 0 bridgehead atoms. The molecule has 10 heteroatoms. The number of ether oxygens (including phenoxy) is 3. The number of hydrogen-bond donors (Lipinski definition) is 0. The van der Waals surface area contributed by atoms with Crippen molar-refractivity contribution in [2.75, 3.05) is 33.2 Å². The first kappa shape index (κ1) is 24.0. The van der Waals surface area contributed by atoms with Crippen LogP contribution in [0.3, 0.4) is 0 Å². The van der Waals surface area contributed by atoms with E-state index < -0.39 is 15.7 Å². The van der Waals surface area contributed by atoms with E-state index in [-0.39, 0.29) is 16.2 Å². The van der Waals surface area contributed by atoms with Gasteiger partial charge in [0.05, 0.1) is 41.7 Å². The lowest BCUT2D eigenvalue weighted by atomic mass is 10.2. The van der Waals surface area contributed by atoms with Crippen molar-refractivity contribution in [3.8, 4) is 11.5 Å².